The molecule has 0 aromatic heterocycles. The summed E-state index contributed by atoms with van der Waals surface area (Å²) >= 11 is 3.29. The van der Waals surface area contributed by atoms with E-state index in [4.69, 9.17) is 0 Å². The number of halogens is 3. The summed E-state index contributed by atoms with van der Waals surface area (Å²) in [5, 5.41) is 0.612. The minimum Gasteiger partial charge on any atom is -0.368 e. The van der Waals surface area contributed by atoms with Gasteiger partial charge in [-0.2, -0.15) is 0 Å². The van der Waals surface area contributed by atoms with Crippen molar-refractivity contribution in [2.24, 2.45) is 0 Å². The van der Waals surface area contributed by atoms with Gasteiger partial charge in [0.1, 0.15) is 11.6 Å². The molecule has 0 radical (unpaired) electrons. The fourth-order valence-electron chi connectivity index (χ4n) is 1.91. The topological polar surface area (TPSA) is 3.24 Å². The lowest BCUT2D eigenvalue weighted by atomic mass is 10.1. The molecule has 2 rings (SSSR count). The van der Waals surface area contributed by atoms with Crippen LogP contribution in [-0.4, -0.2) is 7.05 Å². The molecule has 0 spiro atoms. The van der Waals surface area contributed by atoms with Crippen molar-refractivity contribution in [3.05, 3.63) is 65.2 Å². The molecule has 0 N–H and O–H groups in total. The van der Waals surface area contributed by atoms with Crippen LogP contribution in [0.4, 0.5) is 14.5 Å². The first-order valence-corrected chi connectivity index (χ1v) is 7.03. The number of hydrogen-bond acceptors (Lipinski definition) is 1. The van der Waals surface area contributed by atoms with E-state index in [0.717, 1.165) is 5.56 Å². The molecule has 0 aliphatic heterocycles. The quantitative estimate of drug-likeness (QED) is 0.748. The van der Waals surface area contributed by atoms with E-state index in [1.807, 2.05) is 6.07 Å². The second-order valence-electron chi connectivity index (χ2n) is 4.37. The third kappa shape index (κ3) is 3.32. The molecule has 0 atom stereocenters. The van der Waals surface area contributed by atoms with Crippen molar-refractivity contribution in [2.75, 3.05) is 11.9 Å². The number of alkyl halides is 1. The van der Waals surface area contributed by atoms with Crippen LogP contribution in [0.25, 0.3) is 0 Å². The minimum absolute atomic E-state index is 0.271. The Labute approximate surface area is 120 Å². The summed E-state index contributed by atoms with van der Waals surface area (Å²) in [5.41, 5.74) is 1.89. The molecule has 19 heavy (non-hydrogen) atoms. The maximum absolute atomic E-state index is 13.9. The lowest BCUT2D eigenvalue weighted by Gasteiger charge is -2.20. The molecule has 1 nitrogen and oxygen atoms in total. The van der Waals surface area contributed by atoms with Crippen LogP contribution >= 0.6 is 15.9 Å². The molecule has 0 saturated heterocycles. The smallest absolute Gasteiger partial charge is 0.146 e. The Morgan fingerprint density at radius 2 is 1.79 bits per heavy atom. The van der Waals surface area contributed by atoms with E-state index in [9.17, 15) is 8.78 Å². The van der Waals surface area contributed by atoms with Crippen molar-refractivity contribution in [2.45, 2.75) is 11.9 Å². The summed E-state index contributed by atoms with van der Waals surface area (Å²) < 4.78 is 27.5. The zero-order chi connectivity index (χ0) is 13.8. The fourth-order valence-corrected chi connectivity index (χ4v) is 2.26. The molecule has 0 heterocycles. The number of anilines is 1. The van der Waals surface area contributed by atoms with E-state index < -0.39 is 0 Å². The average molecular weight is 326 g/mol. The van der Waals surface area contributed by atoms with E-state index in [2.05, 4.69) is 15.9 Å². The van der Waals surface area contributed by atoms with E-state index in [1.165, 1.54) is 12.1 Å². The van der Waals surface area contributed by atoms with Gasteiger partial charge in [0.15, 0.2) is 0 Å². The number of rotatable bonds is 4. The lowest BCUT2D eigenvalue weighted by Crippen LogP contribution is -2.18. The first-order valence-electron chi connectivity index (χ1n) is 5.90. The zero-order valence-electron chi connectivity index (χ0n) is 10.5. The number of benzene rings is 2. The molecule has 0 fully saturated rings. The van der Waals surface area contributed by atoms with Crippen LogP contribution in [-0.2, 0) is 11.9 Å². The standard InChI is InChI=1S/C15H14BrF2N/c1-19(10-12-4-2-3-5-13(12)17)15-7-6-11(9-16)8-14(15)18/h2-8H,9-10H2,1H3. The minimum atomic E-state index is -0.296. The van der Waals surface area contributed by atoms with Crippen LogP contribution < -0.4 is 4.90 Å². The van der Waals surface area contributed by atoms with Crippen molar-refractivity contribution in [1.82, 2.24) is 0 Å². The lowest BCUT2D eigenvalue weighted by molar-refractivity contribution is 0.600. The molecule has 0 aliphatic rings. The fraction of sp³-hybridized carbons (Fsp3) is 0.200. The van der Waals surface area contributed by atoms with Gasteiger partial charge in [-0.1, -0.05) is 40.2 Å². The first-order chi connectivity index (χ1) is 9.11. The van der Waals surface area contributed by atoms with Crippen LogP contribution in [0.2, 0.25) is 0 Å². The van der Waals surface area contributed by atoms with Gasteiger partial charge < -0.3 is 4.90 Å². The van der Waals surface area contributed by atoms with Gasteiger partial charge in [0, 0.05) is 24.5 Å². The highest BCUT2D eigenvalue weighted by atomic mass is 79.9. The summed E-state index contributed by atoms with van der Waals surface area (Å²) in [7, 11) is 1.75. The normalized spacial score (nSPS) is 10.5. The molecule has 0 unspecified atom stereocenters. The molecule has 2 aromatic rings. The summed E-state index contributed by atoms with van der Waals surface area (Å²) in [6, 6.07) is 11.6. The maximum Gasteiger partial charge on any atom is 0.146 e. The first kappa shape index (κ1) is 14.0. The van der Waals surface area contributed by atoms with E-state index in [-0.39, 0.29) is 11.6 Å². The summed E-state index contributed by atoms with van der Waals surface area (Å²) in [4.78, 5) is 1.70. The van der Waals surface area contributed by atoms with E-state index in [1.54, 1.807) is 36.2 Å². The Bertz CT molecular complexity index is 572. The Hall–Kier alpha value is -1.42. The Balaban J connectivity index is 2.21. The van der Waals surface area contributed by atoms with Gasteiger partial charge in [0.05, 0.1) is 5.69 Å². The van der Waals surface area contributed by atoms with Crippen molar-refractivity contribution in [3.8, 4) is 0 Å². The molecule has 0 bridgehead atoms. The van der Waals surface area contributed by atoms with Gasteiger partial charge in [-0.3, -0.25) is 0 Å². The predicted octanol–water partition coefficient (Wildman–Crippen LogP) is 4.50. The molecule has 2 aromatic carbocycles. The Kier molecular flexibility index (Phi) is 4.53. The van der Waals surface area contributed by atoms with Gasteiger partial charge in [0.25, 0.3) is 0 Å². The molecular formula is C15H14BrF2N. The third-order valence-corrected chi connectivity index (χ3v) is 3.59. The highest BCUT2D eigenvalue weighted by Gasteiger charge is 2.10. The average Bonchev–Trinajstić information content (AvgIpc) is 2.41. The molecule has 100 valence electrons. The summed E-state index contributed by atoms with van der Waals surface area (Å²) in [6.45, 7) is 0.331. The van der Waals surface area contributed by atoms with E-state index >= 15 is 0 Å². The van der Waals surface area contributed by atoms with Crippen molar-refractivity contribution in [1.29, 1.82) is 0 Å². The molecule has 0 saturated carbocycles. The second-order valence-corrected chi connectivity index (χ2v) is 4.93. The van der Waals surface area contributed by atoms with Crippen LogP contribution in [0.15, 0.2) is 42.5 Å². The largest absolute Gasteiger partial charge is 0.368 e. The van der Waals surface area contributed by atoms with Crippen LogP contribution in [0, 0.1) is 11.6 Å². The third-order valence-electron chi connectivity index (χ3n) is 2.94. The van der Waals surface area contributed by atoms with Crippen LogP contribution in [0.5, 0.6) is 0 Å². The summed E-state index contributed by atoms with van der Waals surface area (Å²) in [6.07, 6.45) is 0. The molecule has 0 amide bonds. The van der Waals surface area contributed by atoms with Crippen molar-refractivity contribution >= 4 is 21.6 Å². The highest BCUT2D eigenvalue weighted by Crippen LogP contribution is 2.22. The van der Waals surface area contributed by atoms with Crippen LogP contribution in [0.3, 0.4) is 0 Å². The molecule has 0 aliphatic carbocycles. The van der Waals surface area contributed by atoms with E-state index in [0.29, 0.717) is 23.1 Å². The van der Waals surface area contributed by atoms with Crippen molar-refractivity contribution in [3.63, 3.8) is 0 Å². The van der Waals surface area contributed by atoms with Gasteiger partial charge >= 0.3 is 0 Å². The Morgan fingerprint density at radius 1 is 1.05 bits per heavy atom. The van der Waals surface area contributed by atoms with Crippen molar-refractivity contribution < 1.29 is 8.78 Å². The van der Waals surface area contributed by atoms with Gasteiger partial charge in [-0.25, -0.2) is 8.78 Å². The van der Waals surface area contributed by atoms with Crippen LogP contribution in [0.1, 0.15) is 11.1 Å². The Morgan fingerprint density at radius 3 is 2.42 bits per heavy atom. The highest BCUT2D eigenvalue weighted by molar-refractivity contribution is 9.08. The maximum atomic E-state index is 13.9. The summed E-state index contributed by atoms with van der Waals surface area (Å²) in [5.74, 6) is -0.567. The molecule has 4 heteroatoms. The molecular weight excluding hydrogens is 312 g/mol. The number of nitrogens with zero attached hydrogens (tertiary/aromatic N) is 1. The van der Waals surface area contributed by atoms with Gasteiger partial charge in [-0.05, 0) is 23.8 Å². The second kappa shape index (κ2) is 6.15. The van der Waals surface area contributed by atoms with Gasteiger partial charge in [-0.15, -0.1) is 0 Å². The monoisotopic (exact) mass is 325 g/mol. The number of hydrogen-bond donors (Lipinski definition) is 0. The van der Waals surface area contributed by atoms with Gasteiger partial charge in [0.2, 0.25) is 0 Å². The SMILES string of the molecule is CN(Cc1ccccc1F)c1ccc(CBr)cc1F. The zero-order valence-corrected chi connectivity index (χ0v) is 12.1. The predicted molar refractivity (Wildman–Crippen MR) is 77.5 cm³/mol.